The number of rotatable bonds is 4. The third kappa shape index (κ3) is 2.43. The molecule has 2 aliphatic heterocycles. The Balaban J connectivity index is 1.74. The highest BCUT2D eigenvalue weighted by Gasteiger charge is 2.39. The van der Waals surface area contributed by atoms with Crippen molar-refractivity contribution in [2.75, 3.05) is 13.1 Å². The number of hydrogen-bond acceptors (Lipinski definition) is 5. The van der Waals surface area contributed by atoms with Gasteiger partial charge in [0.05, 0.1) is 0 Å². The molecule has 106 valence electrons. The summed E-state index contributed by atoms with van der Waals surface area (Å²) in [6, 6.07) is 3.15. The van der Waals surface area contributed by atoms with Crippen LogP contribution in [0.2, 0.25) is 0 Å². The Morgan fingerprint density at radius 2 is 2.21 bits per heavy atom. The molecule has 3 rings (SSSR count). The van der Waals surface area contributed by atoms with Crippen LogP contribution in [0.25, 0.3) is 0 Å². The van der Waals surface area contributed by atoms with E-state index < -0.39 is 10.0 Å². The number of aliphatic hydroxyl groups is 1. The SMILES string of the molecule is O=S(=O)(NC1CCN2CCCC12)c1ccc(CO)o1. The molecule has 7 heteroatoms. The Kier molecular flexibility index (Phi) is 3.38. The summed E-state index contributed by atoms with van der Waals surface area (Å²) >= 11 is 0. The minimum atomic E-state index is -3.63. The summed E-state index contributed by atoms with van der Waals surface area (Å²) in [5, 5.41) is 8.79. The van der Waals surface area contributed by atoms with Crippen LogP contribution in [0.1, 0.15) is 25.0 Å². The Morgan fingerprint density at radius 1 is 1.37 bits per heavy atom. The molecule has 1 aromatic heterocycles. The van der Waals surface area contributed by atoms with Gasteiger partial charge in [0.25, 0.3) is 10.0 Å². The number of hydrogen-bond donors (Lipinski definition) is 2. The third-order valence-electron chi connectivity index (χ3n) is 3.97. The van der Waals surface area contributed by atoms with Crippen LogP contribution in [0, 0.1) is 0 Å². The molecule has 3 heterocycles. The van der Waals surface area contributed by atoms with Crippen LogP contribution in [0.4, 0.5) is 0 Å². The quantitative estimate of drug-likeness (QED) is 0.831. The van der Waals surface area contributed by atoms with Gasteiger partial charge in [-0.15, -0.1) is 0 Å². The second kappa shape index (κ2) is 4.90. The molecule has 0 saturated carbocycles. The highest BCUT2D eigenvalue weighted by molar-refractivity contribution is 7.89. The van der Waals surface area contributed by atoms with Crippen molar-refractivity contribution in [1.82, 2.24) is 9.62 Å². The van der Waals surface area contributed by atoms with Gasteiger partial charge < -0.3 is 9.52 Å². The van der Waals surface area contributed by atoms with Crippen LogP contribution in [0.3, 0.4) is 0 Å². The molecule has 2 aliphatic rings. The number of fused-ring (bicyclic) bond motifs is 1. The maximum absolute atomic E-state index is 12.2. The van der Waals surface area contributed by atoms with Crippen molar-refractivity contribution < 1.29 is 17.9 Å². The minimum absolute atomic E-state index is 0.0322. The van der Waals surface area contributed by atoms with E-state index in [0.717, 1.165) is 32.4 Å². The summed E-state index contributed by atoms with van der Waals surface area (Å²) in [5.74, 6) is 0.259. The Bertz CT molecular complexity index is 554. The van der Waals surface area contributed by atoms with Gasteiger partial charge in [0.1, 0.15) is 12.4 Å². The number of sulfonamides is 1. The van der Waals surface area contributed by atoms with Crippen molar-refractivity contribution in [1.29, 1.82) is 0 Å². The van der Waals surface area contributed by atoms with Gasteiger partial charge in [-0.3, -0.25) is 4.90 Å². The molecule has 0 aliphatic carbocycles. The number of nitrogens with one attached hydrogen (secondary N) is 1. The van der Waals surface area contributed by atoms with Gasteiger partial charge in [0, 0.05) is 18.6 Å². The van der Waals surface area contributed by atoms with Crippen LogP contribution in [0.5, 0.6) is 0 Å². The lowest BCUT2D eigenvalue weighted by molar-refractivity contribution is 0.236. The third-order valence-corrected chi connectivity index (χ3v) is 5.33. The molecule has 0 aromatic carbocycles. The van der Waals surface area contributed by atoms with Gasteiger partial charge in [0.15, 0.2) is 0 Å². The van der Waals surface area contributed by atoms with Crippen LogP contribution < -0.4 is 4.72 Å². The largest absolute Gasteiger partial charge is 0.446 e. The van der Waals surface area contributed by atoms with Gasteiger partial charge >= 0.3 is 0 Å². The fourth-order valence-electron chi connectivity index (χ4n) is 3.06. The molecule has 0 amide bonds. The van der Waals surface area contributed by atoms with Crippen molar-refractivity contribution in [2.45, 2.75) is 43.0 Å². The molecular formula is C12H18N2O4S. The first-order chi connectivity index (χ1) is 9.10. The predicted octanol–water partition coefficient (Wildman–Crippen LogP) is 0.287. The zero-order valence-corrected chi connectivity index (χ0v) is 11.4. The predicted molar refractivity (Wildman–Crippen MR) is 68.0 cm³/mol. The molecule has 0 radical (unpaired) electrons. The molecule has 2 unspecified atom stereocenters. The van der Waals surface area contributed by atoms with Crippen molar-refractivity contribution >= 4 is 10.0 Å². The molecule has 2 N–H and O–H groups in total. The van der Waals surface area contributed by atoms with Gasteiger partial charge in [0.2, 0.25) is 5.09 Å². The van der Waals surface area contributed by atoms with Crippen molar-refractivity contribution in [3.63, 3.8) is 0 Å². The topological polar surface area (TPSA) is 82.8 Å². The van der Waals surface area contributed by atoms with E-state index in [1.165, 1.54) is 12.1 Å². The van der Waals surface area contributed by atoms with Crippen molar-refractivity contribution in [2.24, 2.45) is 0 Å². The standard InChI is InChI=1S/C12H18N2O4S/c15-8-9-3-4-12(18-9)19(16,17)13-10-5-7-14-6-1-2-11(10)14/h3-4,10-11,13,15H,1-2,5-8H2. The highest BCUT2D eigenvalue weighted by atomic mass is 32.2. The van der Waals surface area contributed by atoms with Crippen molar-refractivity contribution in [3.05, 3.63) is 17.9 Å². The summed E-state index contributed by atoms with van der Waals surface area (Å²) in [6.07, 6.45) is 3.03. The Hall–Kier alpha value is -0.890. The Labute approximate surface area is 112 Å². The average molecular weight is 286 g/mol. The fraction of sp³-hybridized carbons (Fsp3) is 0.667. The Morgan fingerprint density at radius 3 is 2.95 bits per heavy atom. The minimum Gasteiger partial charge on any atom is -0.446 e. The van der Waals surface area contributed by atoms with Crippen LogP contribution in [-0.4, -0.2) is 43.6 Å². The lowest BCUT2D eigenvalue weighted by Gasteiger charge is -2.20. The van der Waals surface area contributed by atoms with Crippen LogP contribution in [0.15, 0.2) is 21.6 Å². The van der Waals surface area contributed by atoms with Gasteiger partial charge in [-0.05, 0) is 37.9 Å². The van der Waals surface area contributed by atoms with Gasteiger partial charge in [-0.25, -0.2) is 13.1 Å². The second-order valence-electron chi connectivity index (χ2n) is 5.14. The maximum Gasteiger partial charge on any atom is 0.274 e. The first kappa shape index (κ1) is 13.1. The molecule has 2 atom stereocenters. The lowest BCUT2D eigenvalue weighted by Crippen LogP contribution is -2.42. The maximum atomic E-state index is 12.2. The van der Waals surface area contributed by atoms with E-state index in [9.17, 15) is 8.42 Å². The second-order valence-corrected chi connectivity index (χ2v) is 6.79. The van der Waals surface area contributed by atoms with Gasteiger partial charge in [-0.2, -0.15) is 0 Å². The zero-order chi connectivity index (χ0) is 13.5. The molecule has 19 heavy (non-hydrogen) atoms. The summed E-state index contributed by atoms with van der Waals surface area (Å²) in [5.41, 5.74) is 0. The molecule has 2 fully saturated rings. The molecular weight excluding hydrogens is 268 g/mol. The number of furan rings is 1. The normalized spacial score (nSPS) is 27.8. The molecule has 1 aromatic rings. The lowest BCUT2D eigenvalue weighted by atomic mass is 10.1. The van der Waals surface area contributed by atoms with E-state index in [4.69, 9.17) is 9.52 Å². The highest BCUT2D eigenvalue weighted by Crippen LogP contribution is 2.29. The van der Waals surface area contributed by atoms with Gasteiger partial charge in [-0.1, -0.05) is 0 Å². The summed E-state index contributed by atoms with van der Waals surface area (Å²) in [4.78, 5) is 2.34. The first-order valence-electron chi connectivity index (χ1n) is 6.56. The molecule has 0 bridgehead atoms. The van der Waals surface area contributed by atoms with E-state index in [1.807, 2.05) is 0 Å². The van der Waals surface area contributed by atoms with E-state index in [-0.39, 0.29) is 23.5 Å². The van der Waals surface area contributed by atoms with Crippen LogP contribution >= 0.6 is 0 Å². The van der Waals surface area contributed by atoms with E-state index in [0.29, 0.717) is 6.04 Å². The van der Waals surface area contributed by atoms with E-state index in [1.54, 1.807) is 0 Å². The summed E-state index contributed by atoms with van der Waals surface area (Å²) < 4.78 is 32.2. The van der Waals surface area contributed by atoms with Crippen molar-refractivity contribution in [3.8, 4) is 0 Å². The average Bonchev–Trinajstić information content (AvgIpc) is 3.05. The first-order valence-corrected chi connectivity index (χ1v) is 8.04. The molecule has 6 nitrogen and oxygen atoms in total. The summed E-state index contributed by atoms with van der Waals surface area (Å²) in [7, 11) is -3.63. The van der Waals surface area contributed by atoms with Crippen LogP contribution in [-0.2, 0) is 16.6 Å². The molecule has 2 saturated heterocycles. The van der Waals surface area contributed by atoms with E-state index in [2.05, 4.69) is 9.62 Å². The smallest absolute Gasteiger partial charge is 0.274 e. The zero-order valence-electron chi connectivity index (χ0n) is 10.6. The monoisotopic (exact) mass is 286 g/mol. The number of aliphatic hydroxyl groups excluding tert-OH is 1. The fourth-order valence-corrected chi connectivity index (χ4v) is 4.32. The number of nitrogens with zero attached hydrogens (tertiary/aromatic N) is 1. The molecule has 0 spiro atoms. The summed E-state index contributed by atoms with van der Waals surface area (Å²) in [6.45, 7) is 1.73. The van der Waals surface area contributed by atoms with E-state index >= 15 is 0 Å².